The van der Waals surface area contributed by atoms with Crippen LogP contribution < -0.4 is 15.8 Å². The molecule has 6 heteroatoms. The molecule has 1 aliphatic carbocycles. The van der Waals surface area contributed by atoms with Crippen molar-refractivity contribution in [2.45, 2.75) is 63.5 Å². The molecule has 3 atom stereocenters. The number of hydrogen-bond donors (Lipinski definition) is 2. The number of nitrogens with zero attached hydrogens (tertiary/aromatic N) is 1. The SMILES string of the molecule is CNC(C)(C(N)=O)[C@@H](C(=O)N1CCC[C@@H]1c1cccc(Oc2ccccc2)c1)C1CCCCC1. The fourth-order valence-corrected chi connectivity index (χ4v) is 5.79. The highest BCUT2D eigenvalue weighted by molar-refractivity contribution is 5.93. The quantitative estimate of drug-likeness (QED) is 0.589. The second-order valence-electron chi connectivity index (χ2n) is 9.87. The third-order valence-corrected chi connectivity index (χ3v) is 7.80. The topological polar surface area (TPSA) is 84.7 Å². The van der Waals surface area contributed by atoms with Gasteiger partial charge >= 0.3 is 0 Å². The van der Waals surface area contributed by atoms with Gasteiger partial charge in [0.2, 0.25) is 11.8 Å². The van der Waals surface area contributed by atoms with Crippen LogP contribution in [0, 0.1) is 11.8 Å². The van der Waals surface area contributed by atoms with Crippen molar-refractivity contribution in [2.24, 2.45) is 17.6 Å². The normalized spacial score (nSPS) is 21.6. The summed E-state index contributed by atoms with van der Waals surface area (Å²) in [6, 6.07) is 17.7. The van der Waals surface area contributed by atoms with Gasteiger partial charge in [-0.2, -0.15) is 0 Å². The predicted molar refractivity (Wildman–Crippen MR) is 133 cm³/mol. The lowest BCUT2D eigenvalue weighted by Crippen LogP contribution is -2.63. The molecule has 2 aliphatic rings. The zero-order chi connectivity index (χ0) is 24.1. The lowest BCUT2D eigenvalue weighted by Gasteiger charge is -2.43. The molecule has 2 fully saturated rings. The molecule has 0 radical (unpaired) electrons. The molecule has 1 saturated carbocycles. The van der Waals surface area contributed by atoms with E-state index in [4.69, 9.17) is 10.5 Å². The van der Waals surface area contributed by atoms with Crippen molar-refractivity contribution < 1.29 is 14.3 Å². The van der Waals surface area contributed by atoms with Gasteiger partial charge in [-0.1, -0.05) is 49.6 Å². The minimum atomic E-state index is -1.08. The number of carbonyl (C=O) groups is 2. The van der Waals surface area contributed by atoms with Crippen molar-refractivity contribution in [3.8, 4) is 11.5 Å². The van der Waals surface area contributed by atoms with Gasteiger partial charge in [0.15, 0.2) is 0 Å². The van der Waals surface area contributed by atoms with Gasteiger partial charge in [-0.3, -0.25) is 9.59 Å². The van der Waals surface area contributed by atoms with Crippen LogP contribution in [-0.4, -0.2) is 35.8 Å². The van der Waals surface area contributed by atoms with E-state index in [2.05, 4.69) is 11.4 Å². The van der Waals surface area contributed by atoms with Crippen LogP contribution in [0.4, 0.5) is 0 Å². The zero-order valence-electron chi connectivity index (χ0n) is 20.3. The first-order valence-electron chi connectivity index (χ1n) is 12.6. The molecule has 0 aromatic heterocycles. The molecule has 1 aliphatic heterocycles. The second kappa shape index (κ2) is 10.6. The maximum absolute atomic E-state index is 14.2. The van der Waals surface area contributed by atoms with E-state index in [0.29, 0.717) is 6.54 Å². The number of para-hydroxylation sites is 1. The average molecular weight is 464 g/mol. The Morgan fingerprint density at radius 3 is 2.38 bits per heavy atom. The number of primary amides is 1. The predicted octanol–water partition coefficient (Wildman–Crippen LogP) is 4.80. The van der Waals surface area contributed by atoms with Crippen molar-refractivity contribution >= 4 is 11.8 Å². The van der Waals surface area contributed by atoms with Crippen LogP contribution in [0.15, 0.2) is 54.6 Å². The number of benzene rings is 2. The highest BCUT2D eigenvalue weighted by Crippen LogP contribution is 2.41. The summed E-state index contributed by atoms with van der Waals surface area (Å²) in [5.41, 5.74) is 5.86. The van der Waals surface area contributed by atoms with Crippen LogP contribution >= 0.6 is 0 Å². The number of carbonyl (C=O) groups excluding carboxylic acids is 2. The molecule has 1 heterocycles. The zero-order valence-corrected chi connectivity index (χ0v) is 20.3. The van der Waals surface area contributed by atoms with Gasteiger partial charge < -0.3 is 20.7 Å². The average Bonchev–Trinajstić information content (AvgIpc) is 3.35. The number of likely N-dealkylation sites (N-methyl/N-ethyl adjacent to an activating group) is 1. The highest BCUT2D eigenvalue weighted by Gasteiger charge is 2.50. The Hall–Kier alpha value is -2.86. The number of nitrogens with one attached hydrogen (secondary N) is 1. The molecule has 4 rings (SSSR count). The molecule has 3 N–H and O–H groups in total. The molecular formula is C28H37N3O3. The Morgan fingerprint density at radius 1 is 1.00 bits per heavy atom. The van der Waals surface area contributed by atoms with E-state index in [1.807, 2.05) is 53.4 Å². The monoisotopic (exact) mass is 463 g/mol. The van der Waals surface area contributed by atoms with Gasteiger partial charge in [0, 0.05) is 6.54 Å². The number of nitrogens with two attached hydrogens (primary N) is 1. The lowest BCUT2D eigenvalue weighted by atomic mass is 9.69. The van der Waals surface area contributed by atoms with E-state index in [1.54, 1.807) is 14.0 Å². The van der Waals surface area contributed by atoms with Crippen LogP contribution in [0.25, 0.3) is 0 Å². The summed E-state index contributed by atoms with van der Waals surface area (Å²) in [7, 11) is 1.74. The summed E-state index contributed by atoms with van der Waals surface area (Å²) >= 11 is 0. The van der Waals surface area contributed by atoms with Crippen LogP contribution in [0.2, 0.25) is 0 Å². The summed E-state index contributed by atoms with van der Waals surface area (Å²) in [5.74, 6) is 0.791. The van der Waals surface area contributed by atoms with Gasteiger partial charge in [0.05, 0.1) is 12.0 Å². The number of ether oxygens (including phenoxy) is 1. The van der Waals surface area contributed by atoms with E-state index in [-0.39, 0.29) is 17.9 Å². The van der Waals surface area contributed by atoms with Gasteiger partial charge in [-0.05, 0) is 75.4 Å². The summed E-state index contributed by atoms with van der Waals surface area (Å²) in [6.45, 7) is 2.49. The van der Waals surface area contributed by atoms with Gasteiger partial charge in [-0.15, -0.1) is 0 Å². The molecule has 6 nitrogen and oxygen atoms in total. The highest BCUT2D eigenvalue weighted by atomic mass is 16.5. The van der Waals surface area contributed by atoms with Crippen LogP contribution in [0.1, 0.15) is 63.5 Å². The largest absolute Gasteiger partial charge is 0.457 e. The van der Waals surface area contributed by atoms with Crippen molar-refractivity contribution in [1.29, 1.82) is 0 Å². The molecule has 0 bridgehead atoms. The Balaban J connectivity index is 1.61. The molecule has 182 valence electrons. The van der Waals surface area contributed by atoms with Crippen molar-refractivity contribution in [3.05, 3.63) is 60.2 Å². The number of likely N-dealkylation sites (tertiary alicyclic amines) is 1. The molecule has 1 saturated heterocycles. The first-order valence-corrected chi connectivity index (χ1v) is 12.6. The van der Waals surface area contributed by atoms with Crippen molar-refractivity contribution in [1.82, 2.24) is 10.2 Å². The van der Waals surface area contributed by atoms with E-state index in [9.17, 15) is 9.59 Å². The third-order valence-electron chi connectivity index (χ3n) is 7.80. The fraction of sp³-hybridized carbons (Fsp3) is 0.500. The number of hydrogen-bond acceptors (Lipinski definition) is 4. The minimum Gasteiger partial charge on any atom is -0.457 e. The summed E-state index contributed by atoms with van der Waals surface area (Å²) in [5, 5.41) is 3.13. The van der Waals surface area contributed by atoms with Crippen LogP contribution in [0.5, 0.6) is 11.5 Å². The van der Waals surface area contributed by atoms with E-state index in [0.717, 1.165) is 55.6 Å². The van der Waals surface area contributed by atoms with Gasteiger partial charge in [0.1, 0.15) is 17.0 Å². The summed E-state index contributed by atoms with van der Waals surface area (Å²) in [6.07, 6.45) is 7.12. The lowest BCUT2D eigenvalue weighted by molar-refractivity contribution is -0.147. The molecule has 1 unspecified atom stereocenters. The molecule has 34 heavy (non-hydrogen) atoms. The Morgan fingerprint density at radius 2 is 1.71 bits per heavy atom. The first-order chi connectivity index (χ1) is 16.4. The summed E-state index contributed by atoms with van der Waals surface area (Å²) < 4.78 is 6.05. The maximum atomic E-state index is 14.2. The molecule has 0 spiro atoms. The molecular weight excluding hydrogens is 426 g/mol. The Bertz CT molecular complexity index is 989. The standard InChI is InChI=1S/C28H37N3O3/c1-28(30-2,27(29)33)25(20-11-5-3-6-12-20)26(32)31-18-10-17-24(31)21-13-9-16-23(19-21)34-22-14-7-4-8-15-22/h4,7-9,13-16,19-20,24-25,30H,3,5-6,10-12,17-18H2,1-2H3,(H2,29,33)/t24-,25-,28?/m1/s1. The number of rotatable bonds is 8. The van der Waals surface area contributed by atoms with Gasteiger partial charge in [-0.25, -0.2) is 0 Å². The maximum Gasteiger partial charge on any atom is 0.238 e. The second-order valence-corrected chi connectivity index (χ2v) is 9.87. The first kappa shape index (κ1) is 24.3. The fourth-order valence-electron chi connectivity index (χ4n) is 5.79. The minimum absolute atomic E-state index is 0.0353. The molecule has 2 aromatic carbocycles. The Labute approximate surface area is 202 Å². The summed E-state index contributed by atoms with van der Waals surface area (Å²) in [4.78, 5) is 28.7. The van der Waals surface area contributed by atoms with E-state index < -0.39 is 17.4 Å². The number of amides is 2. The molecule has 2 aromatic rings. The van der Waals surface area contributed by atoms with E-state index in [1.165, 1.54) is 6.42 Å². The van der Waals surface area contributed by atoms with E-state index >= 15 is 0 Å². The smallest absolute Gasteiger partial charge is 0.238 e. The third kappa shape index (κ3) is 4.97. The van der Waals surface area contributed by atoms with Crippen molar-refractivity contribution in [2.75, 3.05) is 13.6 Å². The van der Waals surface area contributed by atoms with Gasteiger partial charge in [0.25, 0.3) is 0 Å². The molecule has 2 amide bonds. The van der Waals surface area contributed by atoms with Crippen molar-refractivity contribution in [3.63, 3.8) is 0 Å². The van der Waals surface area contributed by atoms with Crippen LogP contribution in [0.3, 0.4) is 0 Å². The van der Waals surface area contributed by atoms with Crippen LogP contribution in [-0.2, 0) is 9.59 Å². The Kier molecular flexibility index (Phi) is 7.57.